The molecule has 5 heteroatoms. The van der Waals surface area contributed by atoms with E-state index in [1.165, 1.54) is 5.56 Å². The molecule has 0 saturated carbocycles. The molecule has 2 aromatic rings. The number of nitrogens with zero attached hydrogens (tertiary/aromatic N) is 2. The van der Waals surface area contributed by atoms with Crippen molar-refractivity contribution >= 4 is 5.91 Å². The van der Waals surface area contributed by atoms with Crippen molar-refractivity contribution < 1.29 is 9.90 Å². The number of H-pyrrole nitrogens is 1. The second-order valence-corrected chi connectivity index (χ2v) is 5.05. The molecule has 1 amide bonds. The summed E-state index contributed by atoms with van der Waals surface area (Å²) in [4.78, 5) is 14.0. The Balaban J connectivity index is 2.18. The van der Waals surface area contributed by atoms with Crippen LogP contribution in [0.2, 0.25) is 0 Å². The standard InChI is InChI=1S/C16H21N3O2/c1-3-8-19(9-10-20)16(21)15-11-14(17-18-15)13-6-4-12(2)5-7-13/h4-7,11,20H,3,8-10H2,1-2H3,(H,17,18). The van der Waals surface area contributed by atoms with Gasteiger partial charge in [0, 0.05) is 18.7 Å². The Kier molecular flexibility index (Phi) is 5.11. The van der Waals surface area contributed by atoms with Crippen LogP contribution in [-0.2, 0) is 0 Å². The number of carbonyl (C=O) groups excluding carboxylic acids is 1. The lowest BCUT2D eigenvalue weighted by Gasteiger charge is -2.19. The predicted octanol–water partition coefficient (Wildman–Crippen LogP) is 2.23. The molecule has 21 heavy (non-hydrogen) atoms. The summed E-state index contributed by atoms with van der Waals surface area (Å²) in [7, 11) is 0. The van der Waals surface area contributed by atoms with E-state index in [2.05, 4.69) is 10.2 Å². The third-order valence-corrected chi connectivity index (χ3v) is 3.31. The molecule has 0 spiro atoms. The number of hydrogen-bond acceptors (Lipinski definition) is 3. The Bertz CT molecular complexity index is 584. The maximum absolute atomic E-state index is 12.4. The van der Waals surface area contributed by atoms with Gasteiger partial charge in [-0.1, -0.05) is 36.8 Å². The maximum Gasteiger partial charge on any atom is 0.271 e. The fourth-order valence-corrected chi connectivity index (χ4v) is 2.18. The number of hydrogen-bond donors (Lipinski definition) is 2. The number of carbonyl (C=O) groups is 1. The van der Waals surface area contributed by atoms with Crippen LogP contribution in [0.1, 0.15) is 29.4 Å². The van der Waals surface area contributed by atoms with E-state index in [4.69, 9.17) is 5.11 Å². The Morgan fingerprint density at radius 1 is 1.29 bits per heavy atom. The summed E-state index contributed by atoms with van der Waals surface area (Å²) in [6, 6.07) is 9.75. The van der Waals surface area contributed by atoms with Crippen LogP contribution >= 0.6 is 0 Å². The molecule has 0 saturated heterocycles. The van der Waals surface area contributed by atoms with Crippen molar-refractivity contribution in [1.29, 1.82) is 0 Å². The molecular weight excluding hydrogens is 266 g/mol. The van der Waals surface area contributed by atoms with Gasteiger partial charge in [0.05, 0.1) is 12.3 Å². The first kappa shape index (κ1) is 15.3. The second-order valence-electron chi connectivity index (χ2n) is 5.05. The highest BCUT2D eigenvalue weighted by atomic mass is 16.3. The number of aromatic nitrogens is 2. The van der Waals surface area contributed by atoms with Crippen molar-refractivity contribution in [2.45, 2.75) is 20.3 Å². The summed E-state index contributed by atoms with van der Waals surface area (Å²) < 4.78 is 0. The van der Waals surface area contributed by atoms with Crippen LogP contribution in [0.15, 0.2) is 30.3 Å². The highest BCUT2D eigenvalue weighted by Gasteiger charge is 2.17. The zero-order valence-electron chi connectivity index (χ0n) is 12.5. The summed E-state index contributed by atoms with van der Waals surface area (Å²) >= 11 is 0. The molecule has 0 atom stereocenters. The van der Waals surface area contributed by atoms with Gasteiger partial charge in [0.15, 0.2) is 0 Å². The first-order valence-electron chi connectivity index (χ1n) is 7.18. The lowest BCUT2D eigenvalue weighted by Crippen LogP contribution is -2.34. The van der Waals surface area contributed by atoms with Crippen molar-refractivity contribution in [2.75, 3.05) is 19.7 Å². The van der Waals surface area contributed by atoms with Crippen LogP contribution in [0.25, 0.3) is 11.3 Å². The van der Waals surface area contributed by atoms with E-state index in [1.54, 1.807) is 11.0 Å². The fraction of sp³-hybridized carbons (Fsp3) is 0.375. The molecule has 0 fully saturated rings. The lowest BCUT2D eigenvalue weighted by molar-refractivity contribution is 0.0716. The molecule has 0 bridgehead atoms. The number of benzene rings is 1. The minimum atomic E-state index is -0.128. The third-order valence-electron chi connectivity index (χ3n) is 3.31. The molecule has 1 aromatic heterocycles. The molecule has 112 valence electrons. The van der Waals surface area contributed by atoms with E-state index in [-0.39, 0.29) is 12.5 Å². The number of nitrogens with one attached hydrogen (secondary N) is 1. The lowest BCUT2D eigenvalue weighted by atomic mass is 10.1. The van der Waals surface area contributed by atoms with Gasteiger partial charge < -0.3 is 10.0 Å². The first-order valence-corrected chi connectivity index (χ1v) is 7.18. The van der Waals surface area contributed by atoms with Crippen LogP contribution in [0, 0.1) is 6.92 Å². The van der Waals surface area contributed by atoms with Crippen molar-refractivity contribution in [3.63, 3.8) is 0 Å². The van der Waals surface area contributed by atoms with Gasteiger partial charge in [0.25, 0.3) is 5.91 Å². The van der Waals surface area contributed by atoms with E-state index >= 15 is 0 Å². The molecule has 1 heterocycles. The molecule has 0 radical (unpaired) electrons. The normalized spacial score (nSPS) is 10.6. The van der Waals surface area contributed by atoms with Crippen molar-refractivity contribution in [2.24, 2.45) is 0 Å². The van der Waals surface area contributed by atoms with Crippen LogP contribution in [0.4, 0.5) is 0 Å². The van der Waals surface area contributed by atoms with Gasteiger partial charge in [-0.15, -0.1) is 0 Å². The van der Waals surface area contributed by atoms with Gasteiger partial charge >= 0.3 is 0 Å². The van der Waals surface area contributed by atoms with Crippen LogP contribution in [0.5, 0.6) is 0 Å². The summed E-state index contributed by atoms with van der Waals surface area (Å²) in [6.07, 6.45) is 0.852. The van der Waals surface area contributed by atoms with Gasteiger partial charge in [-0.2, -0.15) is 5.10 Å². The molecule has 0 aliphatic carbocycles. The van der Waals surface area contributed by atoms with Crippen molar-refractivity contribution in [3.05, 3.63) is 41.6 Å². The second kappa shape index (κ2) is 7.04. The molecular formula is C16H21N3O2. The van der Waals surface area contributed by atoms with Crippen LogP contribution < -0.4 is 0 Å². The number of aliphatic hydroxyl groups excluding tert-OH is 1. The quantitative estimate of drug-likeness (QED) is 0.856. The molecule has 0 aliphatic rings. The fourth-order valence-electron chi connectivity index (χ4n) is 2.18. The predicted molar refractivity (Wildman–Crippen MR) is 82.0 cm³/mol. The zero-order valence-corrected chi connectivity index (χ0v) is 12.5. The molecule has 0 aliphatic heterocycles. The monoisotopic (exact) mass is 287 g/mol. The van der Waals surface area contributed by atoms with Gasteiger partial charge in [-0.25, -0.2) is 0 Å². The summed E-state index contributed by atoms with van der Waals surface area (Å²) in [6.45, 7) is 4.96. The third kappa shape index (κ3) is 3.70. The van der Waals surface area contributed by atoms with Gasteiger partial charge in [0.2, 0.25) is 0 Å². The Labute approximate surface area is 124 Å². The molecule has 5 nitrogen and oxygen atoms in total. The number of amides is 1. The maximum atomic E-state index is 12.4. The number of aromatic amines is 1. The highest BCUT2D eigenvalue weighted by Crippen LogP contribution is 2.18. The Morgan fingerprint density at radius 3 is 2.62 bits per heavy atom. The van der Waals surface area contributed by atoms with Gasteiger partial charge in [-0.3, -0.25) is 9.89 Å². The first-order chi connectivity index (χ1) is 10.2. The highest BCUT2D eigenvalue weighted by molar-refractivity contribution is 5.93. The van der Waals surface area contributed by atoms with E-state index in [9.17, 15) is 4.79 Å². The van der Waals surface area contributed by atoms with Crippen molar-refractivity contribution in [1.82, 2.24) is 15.1 Å². The average molecular weight is 287 g/mol. The van der Waals surface area contributed by atoms with Crippen LogP contribution in [-0.4, -0.2) is 45.8 Å². The number of rotatable bonds is 6. The Hall–Kier alpha value is -2.14. The number of aliphatic hydroxyl groups is 1. The average Bonchev–Trinajstić information content (AvgIpc) is 2.97. The van der Waals surface area contributed by atoms with Crippen molar-refractivity contribution in [3.8, 4) is 11.3 Å². The summed E-state index contributed by atoms with van der Waals surface area (Å²) in [5.74, 6) is -0.128. The van der Waals surface area contributed by atoms with Gasteiger partial charge in [0.1, 0.15) is 5.69 Å². The minimum Gasteiger partial charge on any atom is -0.395 e. The zero-order chi connectivity index (χ0) is 15.2. The molecule has 2 N–H and O–H groups in total. The largest absolute Gasteiger partial charge is 0.395 e. The molecule has 0 unspecified atom stereocenters. The summed E-state index contributed by atoms with van der Waals surface area (Å²) in [5.41, 5.74) is 3.36. The smallest absolute Gasteiger partial charge is 0.271 e. The SMILES string of the molecule is CCCN(CCO)C(=O)c1cc(-c2ccc(C)cc2)n[nH]1. The van der Waals surface area contributed by atoms with E-state index in [0.717, 1.165) is 17.7 Å². The minimum absolute atomic E-state index is 0.0370. The molecule has 1 aromatic carbocycles. The molecule has 2 rings (SSSR count). The number of aryl methyl sites for hydroxylation is 1. The van der Waals surface area contributed by atoms with E-state index in [0.29, 0.717) is 18.8 Å². The van der Waals surface area contributed by atoms with E-state index < -0.39 is 0 Å². The Morgan fingerprint density at radius 2 is 2.00 bits per heavy atom. The van der Waals surface area contributed by atoms with Crippen LogP contribution in [0.3, 0.4) is 0 Å². The topological polar surface area (TPSA) is 69.2 Å². The summed E-state index contributed by atoms with van der Waals surface area (Å²) in [5, 5.41) is 16.0. The van der Waals surface area contributed by atoms with E-state index in [1.807, 2.05) is 38.1 Å². The van der Waals surface area contributed by atoms with Gasteiger partial charge in [-0.05, 0) is 19.4 Å².